The number of aromatic nitrogens is 1. The van der Waals surface area contributed by atoms with Crippen molar-refractivity contribution in [3.63, 3.8) is 0 Å². The molecule has 4 nitrogen and oxygen atoms in total. The maximum atomic E-state index is 12.1. The lowest BCUT2D eigenvalue weighted by molar-refractivity contribution is -0.120. The molecule has 5 heteroatoms. The highest BCUT2D eigenvalue weighted by Gasteiger charge is 2.20. The highest BCUT2D eigenvalue weighted by Crippen LogP contribution is 2.18. The number of benzene rings is 1. The number of nitrogens with zero attached hydrogens (tertiary/aromatic N) is 1. The molecule has 120 valence electrons. The minimum Gasteiger partial charge on any atom is -0.396 e. The van der Waals surface area contributed by atoms with E-state index in [2.05, 4.69) is 22.4 Å². The van der Waals surface area contributed by atoms with Crippen molar-refractivity contribution in [2.75, 3.05) is 6.61 Å². The Balaban J connectivity index is 1.51. The molecule has 0 radical (unpaired) electrons. The summed E-state index contributed by atoms with van der Waals surface area (Å²) >= 11 is 1.59. The van der Waals surface area contributed by atoms with Crippen molar-refractivity contribution in [2.45, 2.75) is 25.3 Å². The molecule has 1 heterocycles. The van der Waals surface area contributed by atoms with E-state index in [-0.39, 0.29) is 24.5 Å². The van der Waals surface area contributed by atoms with Gasteiger partial charge in [-0.1, -0.05) is 42.5 Å². The second kappa shape index (κ2) is 7.53. The number of thiazole rings is 1. The lowest BCUT2D eigenvalue weighted by atomic mass is 10.1. The van der Waals surface area contributed by atoms with Gasteiger partial charge in [0.2, 0.25) is 5.91 Å². The first kappa shape index (κ1) is 15.9. The van der Waals surface area contributed by atoms with Gasteiger partial charge in [-0.25, -0.2) is 4.98 Å². The Labute approximate surface area is 139 Å². The first-order valence-electron chi connectivity index (χ1n) is 7.78. The molecule has 0 spiro atoms. The van der Waals surface area contributed by atoms with E-state index >= 15 is 0 Å². The SMILES string of the molecule is O=C(Cc1csc(Cc2ccccc2)n1)N[C@@H]1C=C[C@H](CO)C1. The van der Waals surface area contributed by atoms with E-state index in [1.54, 1.807) is 11.3 Å². The third-order valence-corrected chi connectivity index (χ3v) is 4.79. The van der Waals surface area contributed by atoms with Gasteiger partial charge in [-0.05, 0) is 12.0 Å². The number of hydrogen-bond acceptors (Lipinski definition) is 4. The predicted molar refractivity (Wildman–Crippen MR) is 91.3 cm³/mol. The number of amides is 1. The molecule has 2 aromatic rings. The van der Waals surface area contributed by atoms with Crippen LogP contribution in [-0.4, -0.2) is 28.6 Å². The molecule has 1 aliphatic rings. The molecule has 1 aromatic carbocycles. The second-order valence-corrected chi connectivity index (χ2v) is 6.75. The average Bonchev–Trinajstić information content (AvgIpc) is 3.18. The van der Waals surface area contributed by atoms with Gasteiger partial charge in [-0.2, -0.15) is 0 Å². The third-order valence-electron chi connectivity index (χ3n) is 3.89. The second-order valence-electron chi connectivity index (χ2n) is 5.81. The molecular weight excluding hydrogens is 308 g/mol. The average molecular weight is 328 g/mol. The topological polar surface area (TPSA) is 62.2 Å². The molecule has 2 atom stereocenters. The molecule has 0 saturated heterocycles. The van der Waals surface area contributed by atoms with Crippen LogP contribution < -0.4 is 5.32 Å². The van der Waals surface area contributed by atoms with E-state index in [4.69, 9.17) is 5.11 Å². The molecular formula is C18H20N2O2S. The molecule has 23 heavy (non-hydrogen) atoms. The van der Waals surface area contributed by atoms with Crippen LogP contribution in [0.3, 0.4) is 0 Å². The van der Waals surface area contributed by atoms with Gasteiger partial charge in [0.15, 0.2) is 0 Å². The van der Waals surface area contributed by atoms with Crippen molar-refractivity contribution < 1.29 is 9.90 Å². The van der Waals surface area contributed by atoms with Crippen LogP contribution in [0.15, 0.2) is 47.9 Å². The molecule has 0 aliphatic heterocycles. The molecule has 1 aromatic heterocycles. The Hall–Kier alpha value is -1.98. The van der Waals surface area contributed by atoms with Crippen molar-refractivity contribution in [3.8, 4) is 0 Å². The van der Waals surface area contributed by atoms with Crippen LogP contribution in [0.4, 0.5) is 0 Å². The van der Waals surface area contributed by atoms with Gasteiger partial charge in [0, 0.05) is 30.4 Å². The Kier molecular flexibility index (Phi) is 5.20. The van der Waals surface area contributed by atoms with Gasteiger partial charge < -0.3 is 10.4 Å². The monoisotopic (exact) mass is 328 g/mol. The Bertz CT molecular complexity index is 681. The van der Waals surface area contributed by atoms with Gasteiger partial charge >= 0.3 is 0 Å². The summed E-state index contributed by atoms with van der Waals surface area (Å²) < 4.78 is 0. The number of nitrogens with one attached hydrogen (secondary N) is 1. The first-order valence-corrected chi connectivity index (χ1v) is 8.66. The highest BCUT2D eigenvalue weighted by molar-refractivity contribution is 7.09. The Morgan fingerprint density at radius 3 is 2.87 bits per heavy atom. The van der Waals surface area contributed by atoms with Crippen molar-refractivity contribution in [2.24, 2.45) is 5.92 Å². The quantitative estimate of drug-likeness (QED) is 0.800. The van der Waals surface area contributed by atoms with Gasteiger partial charge in [-0.3, -0.25) is 4.79 Å². The van der Waals surface area contributed by atoms with Crippen LogP contribution in [-0.2, 0) is 17.6 Å². The zero-order valence-corrected chi connectivity index (χ0v) is 13.6. The standard InChI is InChI=1S/C18H20N2O2S/c21-11-14-6-7-15(8-14)19-17(22)10-16-12-23-18(20-16)9-13-4-2-1-3-5-13/h1-7,12,14-15,21H,8-11H2,(H,19,22)/t14-,15+/m0/s1. The van der Waals surface area contributed by atoms with E-state index in [0.29, 0.717) is 6.42 Å². The normalized spacial score (nSPS) is 19.9. The van der Waals surface area contributed by atoms with Crippen LogP contribution in [0.25, 0.3) is 0 Å². The Morgan fingerprint density at radius 1 is 1.30 bits per heavy atom. The molecule has 1 aliphatic carbocycles. The number of carbonyl (C=O) groups excluding carboxylic acids is 1. The van der Waals surface area contributed by atoms with Crippen molar-refractivity contribution in [3.05, 3.63) is 64.1 Å². The number of rotatable bonds is 6. The number of hydrogen-bond donors (Lipinski definition) is 2. The van der Waals surface area contributed by atoms with E-state index in [9.17, 15) is 4.79 Å². The smallest absolute Gasteiger partial charge is 0.226 e. The van der Waals surface area contributed by atoms with E-state index in [0.717, 1.165) is 23.5 Å². The summed E-state index contributed by atoms with van der Waals surface area (Å²) in [4.78, 5) is 16.6. The minimum absolute atomic E-state index is 0.0187. The zero-order valence-electron chi connectivity index (χ0n) is 12.8. The Morgan fingerprint density at radius 2 is 2.13 bits per heavy atom. The maximum absolute atomic E-state index is 12.1. The summed E-state index contributed by atoms with van der Waals surface area (Å²) in [5, 5.41) is 15.1. The van der Waals surface area contributed by atoms with Crippen LogP contribution in [0.2, 0.25) is 0 Å². The maximum Gasteiger partial charge on any atom is 0.226 e. The fourth-order valence-corrected chi connectivity index (χ4v) is 3.55. The molecule has 0 unspecified atom stereocenters. The van der Waals surface area contributed by atoms with Crippen molar-refractivity contribution in [1.29, 1.82) is 0 Å². The third kappa shape index (κ3) is 4.50. The van der Waals surface area contributed by atoms with Crippen LogP contribution in [0.5, 0.6) is 0 Å². The largest absolute Gasteiger partial charge is 0.396 e. The fraction of sp³-hybridized carbons (Fsp3) is 0.333. The molecule has 0 bridgehead atoms. The molecule has 0 fully saturated rings. The van der Waals surface area contributed by atoms with E-state index in [1.165, 1.54) is 5.56 Å². The summed E-state index contributed by atoms with van der Waals surface area (Å²) in [5.74, 6) is 0.145. The number of aliphatic hydroxyl groups excluding tert-OH is 1. The van der Waals surface area contributed by atoms with E-state index < -0.39 is 0 Å². The van der Waals surface area contributed by atoms with Crippen molar-refractivity contribution >= 4 is 17.2 Å². The van der Waals surface area contributed by atoms with Gasteiger partial charge in [0.05, 0.1) is 17.1 Å². The highest BCUT2D eigenvalue weighted by atomic mass is 32.1. The summed E-state index contributed by atoms with van der Waals surface area (Å²) in [6.45, 7) is 0.137. The minimum atomic E-state index is -0.0187. The summed E-state index contributed by atoms with van der Waals surface area (Å²) in [6.07, 6.45) is 5.81. The van der Waals surface area contributed by atoms with E-state index in [1.807, 2.05) is 35.7 Å². The van der Waals surface area contributed by atoms with Gasteiger partial charge in [0.1, 0.15) is 0 Å². The lowest BCUT2D eigenvalue weighted by Crippen LogP contribution is -2.34. The molecule has 1 amide bonds. The molecule has 2 N–H and O–H groups in total. The van der Waals surface area contributed by atoms with Crippen LogP contribution >= 0.6 is 11.3 Å². The fourth-order valence-electron chi connectivity index (χ4n) is 2.72. The van der Waals surface area contributed by atoms with Crippen LogP contribution in [0.1, 0.15) is 22.7 Å². The number of aliphatic hydroxyl groups is 1. The predicted octanol–water partition coefficient (Wildman–Crippen LogP) is 2.33. The van der Waals surface area contributed by atoms with Crippen LogP contribution in [0, 0.1) is 5.92 Å². The van der Waals surface area contributed by atoms with Gasteiger partial charge in [-0.15, -0.1) is 11.3 Å². The zero-order chi connectivity index (χ0) is 16.1. The molecule has 0 saturated carbocycles. The number of carbonyl (C=O) groups is 1. The first-order chi connectivity index (χ1) is 11.2. The summed E-state index contributed by atoms with van der Waals surface area (Å²) in [5.41, 5.74) is 2.04. The lowest BCUT2D eigenvalue weighted by Gasteiger charge is -2.12. The van der Waals surface area contributed by atoms with Gasteiger partial charge in [0.25, 0.3) is 0 Å². The van der Waals surface area contributed by atoms with Crippen molar-refractivity contribution in [1.82, 2.24) is 10.3 Å². The summed E-state index contributed by atoms with van der Waals surface area (Å²) in [6, 6.07) is 10.2. The molecule has 3 rings (SSSR count). The summed E-state index contributed by atoms with van der Waals surface area (Å²) in [7, 11) is 0.